The van der Waals surface area contributed by atoms with E-state index in [9.17, 15) is 14.4 Å². The summed E-state index contributed by atoms with van der Waals surface area (Å²) in [6, 6.07) is 17.0. The van der Waals surface area contributed by atoms with Gasteiger partial charge in [-0.15, -0.1) is 0 Å². The Balaban J connectivity index is 1.64. The van der Waals surface area contributed by atoms with Crippen molar-refractivity contribution >= 4 is 39.6 Å². The number of ether oxygens (including phenoxy) is 4. The van der Waals surface area contributed by atoms with Gasteiger partial charge in [-0.3, -0.25) is 9.36 Å². The highest BCUT2D eigenvalue weighted by Gasteiger charge is 2.32. The van der Waals surface area contributed by atoms with Crippen molar-refractivity contribution in [1.29, 1.82) is 0 Å². The zero-order chi connectivity index (χ0) is 28.5. The van der Waals surface area contributed by atoms with Gasteiger partial charge in [-0.05, 0) is 37.6 Å². The van der Waals surface area contributed by atoms with Gasteiger partial charge >= 0.3 is 16.8 Å². The number of benzene rings is 2. The van der Waals surface area contributed by atoms with Crippen LogP contribution in [0.25, 0.3) is 10.3 Å². The number of fused-ring (bicyclic) bond motifs is 1. The monoisotopic (exact) mass is 566 g/mol. The summed E-state index contributed by atoms with van der Waals surface area (Å²) in [5, 5.41) is 0. The summed E-state index contributed by atoms with van der Waals surface area (Å²) in [5.41, 5.74) is 6.76. The van der Waals surface area contributed by atoms with Gasteiger partial charge in [-0.2, -0.15) is 4.98 Å². The highest BCUT2D eigenvalue weighted by atomic mass is 32.1. The van der Waals surface area contributed by atoms with Crippen LogP contribution in [0.15, 0.2) is 71.7 Å². The summed E-state index contributed by atoms with van der Waals surface area (Å²) in [5.74, 6) is -1.17. The summed E-state index contributed by atoms with van der Waals surface area (Å²) in [6.45, 7) is 3.88. The molecule has 0 bridgehead atoms. The minimum absolute atomic E-state index is 0.0358. The molecule has 4 rings (SSSR count). The molecule has 0 aliphatic heterocycles. The summed E-state index contributed by atoms with van der Waals surface area (Å²) >= 11 is 0.902. The molecule has 2 N–H and O–H groups in total. The van der Waals surface area contributed by atoms with Crippen LogP contribution in [0, 0.1) is 0 Å². The third-order valence-electron chi connectivity index (χ3n) is 5.73. The molecule has 12 heteroatoms. The van der Waals surface area contributed by atoms with E-state index in [0.717, 1.165) is 17.8 Å². The summed E-state index contributed by atoms with van der Waals surface area (Å²) in [4.78, 5) is 46.5. The molecule has 0 unspecified atom stereocenters. The molecule has 40 heavy (non-hydrogen) atoms. The van der Waals surface area contributed by atoms with Crippen molar-refractivity contribution in [3.8, 4) is 0 Å². The lowest BCUT2D eigenvalue weighted by Gasteiger charge is -2.29. The van der Waals surface area contributed by atoms with Crippen molar-refractivity contribution in [1.82, 2.24) is 14.5 Å². The fourth-order valence-corrected chi connectivity index (χ4v) is 4.65. The number of carbonyl (C=O) groups is 2. The molecule has 11 nitrogen and oxygen atoms in total. The topological polar surface area (TPSA) is 145 Å². The van der Waals surface area contributed by atoms with Gasteiger partial charge < -0.3 is 24.7 Å². The van der Waals surface area contributed by atoms with Crippen molar-refractivity contribution in [2.45, 2.75) is 38.7 Å². The first-order valence-electron chi connectivity index (χ1n) is 12.7. The van der Waals surface area contributed by atoms with Gasteiger partial charge in [0.05, 0.1) is 28.6 Å². The van der Waals surface area contributed by atoms with Crippen molar-refractivity contribution in [3.05, 3.63) is 87.7 Å². The van der Waals surface area contributed by atoms with Crippen molar-refractivity contribution in [3.63, 3.8) is 0 Å². The minimum Gasteiger partial charge on any atom is -0.459 e. The van der Waals surface area contributed by atoms with Gasteiger partial charge in [-0.1, -0.05) is 54.7 Å². The molecule has 3 atom stereocenters. The van der Waals surface area contributed by atoms with Gasteiger partial charge in [0.1, 0.15) is 18.8 Å². The van der Waals surface area contributed by atoms with E-state index >= 15 is 0 Å². The number of anilines is 1. The van der Waals surface area contributed by atoms with Gasteiger partial charge in [0.25, 0.3) is 0 Å². The van der Waals surface area contributed by atoms with Crippen LogP contribution in [-0.2, 0) is 18.9 Å². The van der Waals surface area contributed by atoms with Gasteiger partial charge in [0, 0.05) is 6.61 Å². The predicted molar refractivity (Wildman–Crippen MR) is 149 cm³/mol. The smallest absolute Gasteiger partial charge is 0.338 e. The lowest BCUT2D eigenvalue weighted by molar-refractivity contribution is -0.145. The molecule has 0 saturated heterocycles. The van der Waals surface area contributed by atoms with Gasteiger partial charge in [0.2, 0.25) is 5.95 Å². The molecule has 0 amide bonds. The predicted octanol–water partition coefficient (Wildman–Crippen LogP) is 3.85. The standard InChI is InChI=1S/C28H30N4O7S/c1-3-14-36-16-21(17-37-25(33)19-10-6-4-7-11-19)39-24(18(2)38-26(34)20-12-8-5-9-13-20)32-23-22(40-28(32)35)15-30-27(29)31-23/h4-13,15,18,21,24H,3,14,16-17H2,1-2H3,(H2,29,30,31)/t18-,21+,24-/m1/s1. The van der Waals surface area contributed by atoms with Crippen LogP contribution < -0.4 is 10.6 Å². The van der Waals surface area contributed by atoms with E-state index < -0.39 is 35.2 Å². The van der Waals surface area contributed by atoms with Crippen molar-refractivity contribution in [2.24, 2.45) is 0 Å². The van der Waals surface area contributed by atoms with Crippen LogP contribution in [0.2, 0.25) is 0 Å². The molecule has 2 heterocycles. The molecule has 2 aromatic carbocycles. The second-order valence-electron chi connectivity index (χ2n) is 8.82. The van der Waals surface area contributed by atoms with E-state index in [4.69, 9.17) is 24.7 Å². The Kier molecular flexibility index (Phi) is 9.95. The first kappa shape index (κ1) is 28.9. The number of nitrogen functional groups attached to an aromatic ring is 1. The Morgan fingerprint density at radius 2 is 1.65 bits per heavy atom. The number of aromatic nitrogens is 3. The number of nitrogens with two attached hydrogens (primary N) is 1. The second kappa shape index (κ2) is 13.8. The summed E-state index contributed by atoms with van der Waals surface area (Å²) in [7, 11) is 0. The average Bonchev–Trinajstić information content (AvgIpc) is 3.29. The molecular weight excluding hydrogens is 536 g/mol. The number of hydrogen-bond acceptors (Lipinski definition) is 11. The quantitative estimate of drug-likeness (QED) is 0.187. The first-order valence-corrected chi connectivity index (χ1v) is 13.5. The molecule has 0 spiro atoms. The van der Waals surface area contributed by atoms with E-state index in [1.807, 2.05) is 6.92 Å². The van der Waals surface area contributed by atoms with Crippen molar-refractivity contribution in [2.75, 3.05) is 25.6 Å². The van der Waals surface area contributed by atoms with E-state index in [0.29, 0.717) is 22.4 Å². The van der Waals surface area contributed by atoms with E-state index in [-0.39, 0.29) is 24.8 Å². The maximum Gasteiger partial charge on any atom is 0.338 e. The maximum atomic E-state index is 13.2. The molecule has 0 aliphatic rings. The van der Waals surface area contributed by atoms with E-state index in [1.54, 1.807) is 67.6 Å². The molecular formula is C28H30N4O7S. The number of carbonyl (C=O) groups excluding carboxylic acids is 2. The summed E-state index contributed by atoms with van der Waals surface area (Å²) in [6.07, 6.45) is -0.744. The highest BCUT2D eigenvalue weighted by Crippen LogP contribution is 2.26. The largest absolute Gasteiger partial charge is 0.459 e. The zero-order valence-electron chi connectivity index (χ0n) is 22.1. The van der Waals surface area contributed by atoms with Crippen LogP contribution in [0.4, 0.5) is 5.95 Å². The Morgan fingerprint density at radius 1 is 1.00 bits per heavy atom. The average molecular weight is 567 g/mol. The number of rotatable bonds is 13. The van der Waals surface area contributed by atoms with Crippen molar-refractivity contribution < 1.29 is 28.5 Å². The zero-order valence-corrected chi connectivity index (χ0v) is 22.9. The first-order chi connectivity index (χ1) is 19.4. The minimum atomic E-state index is -1.16. The van der Waals surface area contributed by atoms with Gasteiger partial charge in [-0.25, -0.2) is 14.6 Å². The van der Waals surface area contributed by atoms with Gasteiger partial charge in [0.15, 0.2) is 11.9 Å². The molecule has 0 radical (unpaired) electrons. The third kappa shape index (κ3) is 7.29. The number of nitrogens with zero attached hydrogens (tertiary/aromatic N) is 3. The molecule has 0 aliphatic carbocycles. The van der Waals surface area contributed by atoms with Crippen LogP contribution in [-0.4, -0.2) is 58.5 Å². The highest BCUT2D eigenvalue weighted by molar-refractivity contribution is 7.16. The van der Waals surface area contributed by atoms with Crippen LogP contribution >= 0.6 is 11.3 Å². The Morgan fingerprint density at radius 3 is 2.30 bits per heavy atom. The SMILES string of the molecule is CCCOC[C@@H](COC(=O)c1ccccc1)O[C@H]([C@@H](C)OC(=O)c1ccccc1)n1c(=O)sc2cnc(N)nc21. The number of hydrogen-bond donors (Lipinski definition) is 1. The molecule has 0 fully saturated rings. The fraction of sp³-hybridized carbons (Fsp3) is 0.321. The summed E-state index contributed by atoms with van der Waals surface area (Å²) < 4.78 is 25.1. The lowest BCUT2D eigenvalue weighted by Crippen LogP contribution is -2.39. The van der Waals surface area contributed by atoms with Crippen LogP contribution in [0.3, 0.4) is 0 Å². The Hall–Kier alpha value is -4.13. The fourth-order valence-electron chi connectivity index (χ4n) is 3.83. The number of esters is 2. The molecule has 210 valence electrons. The lowest BCUT2D eigenvalue weighted by atomic mass is 10.2. The Bertz CT molecular complexity index is 1480. The molecule has 4 aromatic rings. The normalized spacial score (nSPS) is 13.4. The van der Waals surface area contributed by atoms with Crippen LogP contribution in [0.1, 0.15) is 47.2 Å². The van der Waals surface area contributed by atoms with E-state index in [2.05, 4.69) is 9.97 Å². The van der Waals surface area contributed by atoms with E-state index in [1.165, 1.54) is 10.8 Å². The molecule has 2 aromatic heterocycles. The Labute approximate surface area is 234 Å². The third-order valence-corrected chi connectivity index (χ3v) is 6.61. The number of thiazole rings is 1. The maximum absolute atomic E-state index is 13.2. The van der Waals surface area contributed by atoms with Crippen LogP contribution in [0.5, 0.6) is 0 Å². The second-order valence-corrected chi connectivity index (χ2v) is 9.81. The molecule has 0 saturated carbocycles.